The van der Waals surface area contributed by atoms with Gasteiger partial charge in [-0.15, -0.1) is 12.4 Å². The van der Waals surface area contributed by atoms with Crippen LogP contribution in [0.25, 0.3) is 6.08 Å². The monoisotopic (exact) mass is 467 g/mol. The van der Waals surface area contributed by atoms with Gasteiger partial charge in [0.2, 0.25) is 0 Å². The molecule has 2 aromatic rings. The fourth-order valence-electron chi connectivity index (χ4n) is 3.27. The zero-order valence-corrected chi connectivity index (χ0v) is 19.9. The van der Waals surface area contributed by atoms with Crippen LogP contribution in [0.5, 0.6) is 11.5 Å². The molecule has 0 amide bonds. The third-order valence-corrected chi connectivity index (χ3v) is 5.19. The summed E-state index contributed by atoms with van der Waals surface area (Å²) in [6.45, 7) is 7.65. The number of fused-ring (bicyclic) bond motifs is 1. The van der Waals surface area contributed by atoms with Gasteiger partial charge >= 0.3 is 0 Å². The van der Waals surface area contributed by atoms with Gasteiger partial charge in [-0.2, -0.15) is 0 Å². The van der Waals surface area contributed by atoms with Crippen molar-refractivity contribution in [2.45, 2.75) is 46.1 Å². The number of benzene rings is 2. The Balaban J connectivity index is 0.00000320. The molecule has 0 radical (unpaired) electrons. The molecule has 6 heteroatoms. The molecule has 0 saturated heterocycles. The first-order chi connectivity index (χ1) is 14.0. The number of ether oxygens (including phenoxy) is 2. The predicted molar refractivity (Wildman–Crippen MR) is 130 cm³/mol. The summed E-state index contributed by atoms with van der Waals surface area (Å²) in [6.07, 6.45) is 6.77. The highest BCUT2D eigenvalue weighted by molar-refractivity contribution is 6.35. The van der Waals surface area contributed by atoms with E-state index >= 15 is 0 Å². The standard InChI is InChI=1S/C24H27Cl2NO2.ClH/c1-4-10-28-23-13-18-12-16(3)27-22(20(18)15-24(23)29-11-5-2)9-7-17-6-8-19(25)14-21(17)26;/h6-9,13-16H,4-5,10-12H2,1-3H3;1H. The van der Waals surface area contributed by atoms with E-state index in [-0.39, 0.29) is 18.4 Å². The average molecular weight is 469 g/mol. The Morgan fingerprint density at radius 1 is 1.00 bits per heavy atom. The maximum absolute atomic E-state index is 6.32. The van der Waals surface area contributed by atoms with Crippen LogP contribution in [0.4, 0.5) is 0 Å². The fraction of sp³-hybridized carbons (Fsp3) is 0.375. The first-order valence-corrected chi connectivity index (χ1v) is 10.9. The van der Waals surface area contributed by atoms with Crippen LogP contribution in [0.1, 0.15) is 50.3 Å². The van der Waals surface area contributed by atoms with E-state index in [2.05, 4.69) is 32.9 Å². The van der Waals surface area contributed by atoms with E-state index in [9.17, 15) is 0 Å². The van der Waals surface area contributed by atoms with Gasteiger partial charge in [0.15, 0.2) is 11.5 Å². The number of rotatable bonds is 8. The fourth-order valence-corrected chi connectivity index (χ4v) is 3.74. The van der Waals surface area contributed by atoms with E-state index in [1.807, 2.05) is 24.3 Å². The third kappa shape index (κ3) is 6.16. The Kier molecular flexibility index (Phi) is 9.54. The smallest absolute Gasteiger partial charge is 0.161 e. The van der Waals surface area contributed by atoms with Crippen LogP contribution < -0.4 is 9.47 Å². The summed E-state index contributed by atoms with van der Waals surface area (Å²) in [4.78, 5) is 4.86. The minimum Gasteiger partial charge on any atom is -0.490 e. The zero-order valence-electron chi connectivity index (χ0n) is 17.6. The molecule has 0 saturated carbocycles. The van der Waals surface area contributed by atoms with E-state index in [1.54, 1.807) is 6.07 Å². The molecular weight excluding hydrogens is 441 g/mol. The summed E-state index contributed by atoms with van der Waals surface area (Å²) in [5.41, 5.74) is 4.14. The van der Waals surface area contributed by atoms with Crippen molar-refractivity contribution in [2.24, 2.45) is 4.99 Å². The Hall–Kier alpha value is -1.68. The van der Waals surface area contributed by atoms with Crippen LogP contribution in [0.15, 0.2) is 41.4 Å². The minimum atomic E-state index is 0. The second-order valence-electron chi connectivity index (χ2n) is 7.22. The topological polar surface area (TPSA) is 30.8 Å². The number of hydrogen-bond acceptors (Lipinski definition) is 3. The summed E-state index contributed by atoms with van der Waals surface area (Å²) >= 11 is 12.3. The molecule has 1 aliphatic heterocycles. The van der Waals surface area contributed by atoms with Crippen LogP contribution in [0.3, 0.4) is 0 Å². The molecule has 0 bridgehead atoms. The van der Waals surface area contributed by atoms with Gasteiger partial charge < -0.3 is 9.47 Å². The summed E-state index contributed by atoms with van der Waals surface area (Å²) in [5, 5.41) is 1.24. The number of allylic oxidation sites excluding steroid dienone is 1. The SMILES string of the molecule is CCCOc1cc2c(cc1OCCC)C(C=Cc1ccc(Cl)cc1Cl)=NC(C)C2.Cl. The van der Waals surface area contributed by atoms with Crippen molar-refractivity contribution >= 4 is 47.4 Å². The molecule has 3 nitrogen and oxygen atoms in total. The van der Waals surface area contributed by atoms with Crippen molar-refractivity contribution in [3.8, 4) is 11.5 Å². The van der Waals surface area contributed by atoms with Crippen molar-refractivity contribution in [3.05, 3.63) is 63.1 Å². The normalized spacial score (nSPS) is 15.4. The number of hydrogen-bond donors (Lipinski definition) is 0. The second kappa shape index (κ2) is 11.6. The quantitative estimate of drug-likeness (QED) is 0.403. The number of nitrogens with zero attached hydrogens (tertiary/aromatic N) is 1. The van der Waals surface area contributed by atoms with Crippen LogP contribution in [-0.4, -0.2) is 25.0 Å². The molecule has 162 valence electrons. The average Bonchev–Trinajstić information content (AvgIpc) is 2.69. The summed E-state index contributed by atoms with van der Waals surface area (Å²) < 4.78 is 11.9. The van der Waals surface area contributed by atoms with Gasteiger partial charge in [-0.05, 0) is 67.7 Å². The van der Waals surface area contributed by atoms with Crippen molar-refractivity contribution < 1.29 is 9.47 Å². The summed E-state index contributed by atoms with van der Waals surface area (Å²) in [7, 11) is 0. The van der Waals surface area contributed by atoms with Gasteiger partial charge in [-0.25, -0.2) is 0 Å². The molecule has 1 heterocycles. The third-order valence-electron chi connectivity index (χ3n) is 4.63. The highest BCUT2D eigenvalue weighted by Gasteiger charge is 2.21. The molecular formula is C24H28Cl3NO2. The van der Waals surface area contributed by atoms with Gasteiger partial charge in [0.25, 0.3) is 0 Å². The van der Waals surface area contributed by atoms with E-state index in [1.165, 1.54) is 5.56 Å². The van der Waals surface area contributed by atoms with E-state index in [0.29, 0.717) is 23.3 Å². The van der Waals surface area contributed by atoms with Crippen molar-refractivity contribution in [3.63, 3.8) is 0 Å². The Labute approximate surface area is 195 Å². The van der Waals surface area contributed by atoms with Crippen LogP contribution >= 0.6 is 35.6 Å². The molecule has 0 fully saturated rings. The zero-order chi connectivity index (χ0) is 20.8. The first-order valence-electron chi connectivity index (χ1n) is 10.2. The van der Waals surface area contributed by atoms with Crippen molar-refractivity contribution in [2.75, 3.05) is 13.2 Å². The van der Waals surface area contributed by atoms with E-state index < -0.39 is 0 Å². The molecule has 1 atom stereocenters. The van der Waals surface area contributed by atoms with Crippen molar-refractivity contribution in [1.29, 1.82) is 0 Å². The highest BCUT2D eigenvalue weighted by atomic mass is 35.5. The molecule has 30 heavy (non-hydrogen) atoms. The Morgan fingerprint density at radius 2 is 1.67 bits per heavy atom. The highest BCUT2D eigenvalue weighted by Crippen LogP contribution is 2.35. The van der Waals surface area contributed by atoms with Gasteiger partial charge in [-0.3, -0.25) is 4.99 Å². The molecule has 1 unspecified atom stereocenters. The maximum Gasteiger partial charge on any atom is 0.161 e. The molecule has 3 rings (SSSR count). The Morgan fingerprint density at radius 3 is 2.30 bits per heavy atom. The summed E-state index contributed by atoms with van der Waals surface area (Å²) in [5.74, 6) is 1.59. The van der Waals surface area contributed by atoms with E-state index in [0.717, 1.165) is 47.6 Å². The Bertz CT molecular complexity index is 925. The maximum atomic E-state index is 6.32. The lowest BCUT2D eigenvalue weighted by Gasteiger charge is -2.22. The van der Waals surface area contributed by atoms with Gasteiger partial charge in [0.05, 0.1) is 25.0 Å². The molecule has 1 aliphatic rings. The van der Waals surface area contributed by atoms with Gasteiger partial charge in [0.1, 0.15) is 0 Å². The second-order valence-corrected chi connectivity index (χ2v) is 8.06. The van der Waals surface area contributed by atoms with Crippen LogP contribution in [-0.2, 0) is 6.42 Å². The van der Waals surface area contributed by atoms with Gasteiger partial charge in [-0.1, -0.05) is 49.2 Å². The van der Waals surface area contributed by atoms with Gasteiger partial charge in [0, 0.05) is 15.6 Å². The summed E-state index contributed by atoms with van der Waals surface area (Å²) in [6, 6.07) is 9.87. The minimum absolute atomic E-state index is 0. The predicted octanol–water partition coefficient (Wildman–Crippen LogP) is 7.44. The molecule has 0 aromatic heterocycles. The lowest BCUT2D eigenvalue weighted by Crippen LogP contribution is -2.18. The lowest BCUT2D eigenvalue weighted by atomic mass is 9.93. The number of aliphatic imine (C=N–C) groups is 1. The van der Waals surface area contributed by atoms with Crippen LogP contribution in [0.2, 0.25) is 10.0 Å². The lowest BCUT2D eigenvalue weighted by molar-refractivity contribution is 0.268. The molecule has 0 N–H and O–H groups in total. The molecule has 0 aliphatic carbocycles. The van der Waals surface area contributed by atoms with Crippen LogP contribution in [0, 0.1) is 0 Å². The van der Waals surface area contributed by atoms with E-state index in [4.69, 9.17) is 37.7 Å². The molecule has 0 spiro atoms. The first kappa shape index (κ1) is 24.6. The number of halogens is 3. The largest absolute Gasteiger partial charge is 0.490 e. The van der Waals surface area contributed by atoms with Crippen molar-refractivity contribution in [1.82, 2.24) is 0 Å². The molecule has 2 aromatic carbocycles.